The molecule has 0 saturated heterocycles. The number of thioether (sulfide) groups is 1. The van der Waals surface area contributed by atoms with Crippen LogP contribution in [-0.4, -0.2) is 5.17 Å². The molecule has 0 amide bonds. The number of nitrogens with zero attached hydrogens (tertiary/aromatic N) is 1. The van der Waals surface area contributed by atoms with E-state index in [9.17, 15) is 0 Å². The van der Waals surface area contributed by atoms with Gasteiger partial charge in [-0.1, -0.05) is 53.7 Å². The predicted molar refractivity (Wildman–Crippen MR) is 84.9 cm³/mol. The van der Waals surface area contributed by atoms with Crippen LogP contribution in [0.3, 0.4) is 0 Å². The van der Waals surface area contributed by atoms with Crippen LogP contribution in [0.5, 0.6) is 0 Å². The van der Waals surface area contributed by atoms with E-state index in [4.69, 9.17) is 5.73 Å². The molecule has 0 aromatic heterocycles. The highest BCUT2D eigenvalue weighted by atomic mass is 32.2. The van der Waals surface area contributed by atoms with Gasteiger partial charge >= 0.3 is 0 Å². The van der Waals surface area contributed by atoms with Gasteiger partial charge in [0.25, 0.3) is 0 Å². The summed E-state index contributed by atoms with van der Waals surface area (Å²) in [6, 6.07) is 16.3. The molecular weight excluding hydrogens is 252 g/mol. The Morgan fingerprint density at radius 2 is 1.84 bits per heavy atom. The fraction of sp³-hybridized carbons (Fsp3) is 0.188. The van der Waals surface area contributed by atoms with Gasteiger partial charge in [0.1, 0.15) is 0 Å². The Morgan fingerprint density at radius 3 is 2.58 bits per heavy atom. The Kier molecular flexibility index (Phi) is 4.63. The Hall–Kier alpha value is -1.74. The maximum atomic E-state index is 5.95. The summed E-state index contributed by atoms with van der Waals surface area (Å²) in [5, 5.41) is 0.604. The van der Waals surface area contributed by atoms with E-state index in [1.165, 1.54) is 16.7 Å². The molecule has 0 spiro atoms. The summed E-state index contributed by atoms with van der Waals surface area (Å²) in [6.45, 7) is 4.23. The van der Waals surface area contributed by atoms with Gasteiger partial charge < -0.3 is 5.73 Å². The van der Waals surface area contributed by atoms with Crippen molar-refractivity contribution in [3.8, 4) is 0 Å². The van der Waals surface area contributed by atoms with E-state index in [-0.39, 0.29) is 0 Å². The molecule has 0 fully saturated rings. The van der Waals surface area contributed by atoms with Crippen molar-refractivity contribution in [2.75, 3.05) is 0 Å². The van der Waals surface area contributed by atoms with Crippen LogP contribution in [0.1, 0.15) is 16.7 Å². The second-order valence-corrected chi connectivity index (χ2v) is 5.50. The van der Waals surface area contributed by atoms with Crippen LogP contribution in [0, 0.1) is 13.8 Å². The summed E-state index contributed by atoms with van der Waals surface area (Å²) in [7, 11) is 0. The van der Waals surface area contributed by atoms with Crippen molar-refractivity contribution in [2.24, 2.45) is 10.7 Å². The van der Waals surface area contributed by atoms with Crippen molar-refractivity contribution in [2.45, 2.75) is 19.6 Å². The first-order valence-corrected chi connectivity index (χ1v) is 7.22. The minimum Gasteiger partial charge on any atom is -0.378 e. The Labute approximate surface area is 118 Å². The molecule has 2 nitrogen and oxygen atoms in total. The van der Waals surface area contributed by atoms with E-state index in [1.807, 2.05) is 30.3 Å². The van der Waals surface area contributed by atoms with E-state index in [1.54, 1.807) is 11.8 Å². The molecule has 2 aromatic carbocycles. The fourth-order valence-corrected chi connectivity index (χ4v) is 2.55. The van der Waals surface area contributed by atoms with Crippen LogP contribution in [-0.2, 0) is 5.75 Å². The standard InChI is InChI=1S/C16H18N2S/c1-12-8-9-13(2)14(10-12)11-19-16(17)18-15-6-4-3-5-7-15/h3-10H,11H2,1-2H3,(H2,17,18). The summed E-state index contributed by atoms with van der Waals surface area (Å²) in [6.07, 6.45) is 0. The number of aryl methyl sites for hydroxylation is 2. The number of hydrogen-bond donors (Lipinski definition) is 1. The molecule has 0 heterocycles. The molecule has 0 aliphatic carbocycles. The minimum atomic E-state index is 0.604. The lowest BCUT2D eigenvalue weighted by molar-refractivity contribution is 1.28. The molecule has 0 bridgehead atoms. The maximum Gasteiger partial charge on any atom is 0.159 e. The first-order chi connectivity index (χ1) is 9.15. The molecular formula is C16H18N2S. The second kappa shape index (κ2) is 6.43. The van der Waals surface area contributed by atoms with Crippen LogP contribution >= 0.6 is 11.8 Å². The summed E-state index contributed by atoms with van der Waals surface area (Å²) < 4.78 is 0. The lowest BCUT2D eigenvalue weighted by atomic mass is 10.1. The summed E-state index contributed by atoms with van der Waals surface area (Å²) >= 11 is 1.57. The lowest BCUT2D eigenvalue weighted by Gasteiger charge is -2.06. The molecule has 0 saturated carbocycles. The van der Waals surface area contributed by atoms with Gasteiger partial charge in [-0.15, -0.1) is 0 Å². The van der Waals surface area contributed by atoms with E-state index in [0.717, 1.165) is 11.4 Å². The first-order valence-electron chi connectivity index (χ1n) is 6.23. The van der Waals surface area contributed by atoms with E-state index < -0.39 is 0 Å². The van der Waals surface area contributed by atoms with Crippen LogP contribution in [0.4, 0.5) is 5.69 Å². The lowest BCUT2D eigenvalue weighted by Crippen LogP contribution is -2.06. The number of aliphatic imine (C=N–C) groups is 1. The molecule has 0 aliphatic heterocycles. The van der Waals surface area contributed by atoms with E-state index in [2.05, 4.69) is 37.0 Å². The normalized spacial score (nSPS) is 11.6. The number of rotatable bonds is 3. The largest absolute Gasteiger partial charge is 0.378 e. The molecule has 2 rings (SSSR count). The van der Waals surface area contributed by atoms with Crippen molar-refractivity contribution in [1.82, 2.24) is 0 Å². The Morgan fingerprint density at radius 1 is 1.11 bits per heavy atom. The average Bonchev–Trinajstić information content (AvgIpc) is 2.41. The third-order valence-electron chi connectivity index (χ3n) is 2.88. The third-order valence-corrected chi connectivity index (χ3v) is 3.72. The minimum absolute atomic E-state index is 0.604. The van der Waals surface area contributed by atoms with Crippen LogP contribution in [0.2, 0.25) is 0 Å². The number of para-hydroxylation sites is 1. The van der Waals surface area contributed by atoms with Gasteiger partial charge in [-0.3, -0.25) is 0 Å². The Balaban J connectivity index is 2.02. The maximum absolute atomic E-state index is 5.95. The molecule has 2 N–H and O–H groups in total. The highest BCUT2D eigenvalue weighted by Crippen LogP contribution is 2.19. The van der Waals surface area contributed by atoms with Gasteiger partial charge in [0.05, 0.1) is 5.69 Å². The van der Waals surface area contributed by atoms with Crippen molar-refractivity contribution in [3.63, 3.8) is 0 Å². The van der Waals surface area contributed by atoms with E-state index >= 15 is 0 Å². The number of benzene rings is 2. The van der Waals surface area contributed by atoms with Crippen LogP contribution in [0.15, 0.2) is 53.5 Å². The highest BCUT2D eigenvalue weighted by molar-refractivity contribution is 8.13. The monoisotopic (exact) mass is 270 g/mol. The van der Waals surface area contributed by atoms with Gasteiger partial charge in [0, 0.05) is 5.75 Å². The Bertz CT molecular complexity index is 577. The van der Waals surface area contributed by atoms with Crippen molar-refractivity contribution >= 4 is 22.6 Å². The summed E-state index contributed by atoms with van der Waals surface area (Å²) in [4.78, 5) is 4.38. The zero-order chi connectivity index (χ0) is 13.7. The molecule has 3 heteroatoms. The third kappa shape index (κ3) is 4.14. The molecule has 19 heavy (non-hydrogen) atoms. The number of nitrogens with two attached hydrogens (primary N) is 1. The first kappa shape index (κ1) is 13.7. The highest BCUT2D eigenvalue weighted by Gasteiger charge is 2.01. The smallest absolute Gasteiger partial charge is 0.159 e. The van der Waals surface area contributed by atoms with Crippen molar-refractivity contribution in [1.29, 1.82) is 0 Å². The van der Waals surface area contributed by atoms with Gasteiger partial charge in [0.2, 0.25) is 0 Å². The van der Waals surface area contributed by atoms with Crippen molar-refractivity contribution < 1.29 is 0 Å². The summed E-state index contributed by atoms with van der Waals surface area (Å²) in [5.74, 6) is 0.857. The molecule has 0 aliphatic rings. The summed E-state index contributed by atoms with van der Waals surface area (Å²) in [5.41, 5.74) is 10.7. The van der Waals surface area contributed by atoms with Gasteiger partial charge in [-0.25, -0.2) is 4.99 Å². The van der Waals surface area contributed by atoms with E-state index in [0.29, 0.717) is 5.17 Å². The van der Waals surface area contributed by atoms with Crippen LogP contribution in [0.25, 0.3) is 0 Å². The van der Waals surface area contributed by atoms with Gasteiger partial charge in [-0.05, 0) is 37.1 Å². The molecule has 98 valence electrons. The van der Waals surface area contributed by atoms with Gasteiger partial charge in [-0.2, -0.15) is 0 Å². The van der Waals surface area contributed by atoms with Gasteiger partial charge in [0.15, 0.2) is 5.17 Å². The molecule has 0 atom stereocenters. The quantitative estimate of drug-likeness (QED) is 0.671. The van der Waals surface area contributed by atoms with Crippen LogP contribution < -0.4 is 5.73 Å². The molecule has 2 aromatic rings. The number of amidine groups is 1. The zero-order valence-corrected chi connectivity index (χ0v) is 12.1. The molecule has 0 unspecified atom stereocenters. The van der Waals surface area contributed by atoms with Crippen molar-refractivity contribution in [3.05, 3.63) is 65.2 Å². The zero-order valence-electron chi connectivity index (χ0n) is 11.3. The SMILES string of the molecule is Cc1ccc(C)c(CSC(N)=Nc2ccccc2)c1. The average molecular weight is 270 g/mol. The second-order valence-electron chi connectivity index (χ2n) is 4.50. The predicted octanol–water partition coefficient (Wildman–Crippen LogP) is 4.18. The fourth-order valence-electron chi connectivity index (χ4n) is 1.77. The number of hydrogen-bond acceptors (Lipinski definition) is 2. The topological polar surface area (TPSA) is 38.4 Å². The molecule has 0 radical (unpaired) electrons.